The van der Waals surface area contributed by atoms with Crippen molar-refractivity contribution in [2.24, 2.45) is 0 Å². The van der Waals surface area contributed by atoms with E-state index in [9.17, 15) is 21.6 Å². The Morgan fingerprint density at radius 1 is 1.12 bits per heavy atom. The summed E-state index contributed by atoms with van der Waals surface area (Å²) in [5, 5.41) is 0. The molecule has 0 saturated heterocycles. The van der Waals surface area contributed by atoms with Gasteiger partial charge in [0.25, 0.3) is 0 Å². The fraction of sp³-hybridized carbons (Fsp3) is 0.250. The fourth-order valence-corrected chi connectivity index (χ4v) is 3.72. The molecule has 2 aromatic rings. The maximum absolute atomic E-state index is 12.2. The third kappa shape index (κ3) is 5.89. The van der Waals surface area contributed by atoms with E-state index in [4.69, 9.17) is 4.74 Å². The van der Waals surface area contributed by atoms with Gasteiger partial charge in [-0.05, 0) is 64.3 Å². The molecule has 5 nitrogen and oxygen atoms in total. The number of ether oxygens (including phenoxy) is 2. The zero-order valence-corrected chi connectivity index (χ0v) is 15.9. The number of nitrogens with one attached hydrogen (secondary N) is 1. The van der Waals surface area contributed by atoms with Crippen LogP contribution in [0.4, 0.5) is 13.2 Å². The molecule has 26 heavy (non-hydrogen) atoms. The lowest BCUT2D eigenvalue weighted by Crippen LogP contribution is -2.26. The summed E-state index contributed by atoms with van der Waals surface area (Å²) in [7, 11) is -2.30. The van der Waals surface area contributed by atoms with Gasteiger partial charge >= 0.3 is 6.36 Å². The van der Waals surface area contributed by atoms with Gasteiger partial charge in [0.1, 0.15) is 11.5 Å². The van der Waals surface area contributed by atoms with Gasteiger partial charge in [-0.1, -0.05) is 6.07 Å². The van der Waals surface area contributed by atoms with Crippen molar-refractivity contribution in [1.29, 1.82) is 0 Å². The first kappa shape index (κ1) is 20.5. The van der Waals surface area contributed by atoms with Gasteiger partial charge in [0.05, 0.1) is 16.5 Å². The van der Waals surface area contributed by atoms with E-state index < -0.39 is 22.1 Å². The summed E-state index contributed by atoms with van der Waals surface area (Å²) < 4.78 is 72.7. The lowest BCUT2D eigenvalue weighted by molar-refractivity contribution is -0.274. The van der Waals surface area contributed by atoms with E-state index in [-0.39, 0.29) is 11.4 Å². The van der Waals surface area contributed by atoms with Crippen LogP contribution in [-0.4, -0.2) is 28.4 Å². The van der Waals surface area contributed by atoms with Gasteiger partial charge in [0.2, 0.25) is 10.0 Å². The molecule has 1 N–H and O–H groups in total. The molecule has 0 atom stereocenters. The molecule has 142 valence electrons. The van der Waals surface area contributed by atoms with Gasteiger partial charge in [0, 0.05) is 6.54 Å². The zero-order valence-electron chi connectivity index (χ0n) is 13.5. The summed E-state index contributed by atoms with van der Waals surface area (Å²) in [5.74, 6) is 0.176. The minimum Gasteiger partial charge on any atom is -0.496 e. The molecular weight excluding hydrogens is 439 g/mol. The van der Waals surface area contributed by atoms with Crippen LogP contribution < -0.4 is 14.2 Å². The van der Waals surface area contributed by atoms with Gasteiger partial charge in [-0.3, -0.25) is 0 Å². The smallest absolute Gasteiger partial charge is 0.496 e. The second-order valence-corrected chi connectivity index (χ2v) is 7.76. The molecule has 0 aliphatic rings. The lowest BCUT2D eigenvalue weighted by Gasteiger charge is -2.10. The van der Waals surface area contributed by atoms with E-state index >= 15 is 0 Å². The Bertz CT molecular complexity index is 855. The minimum atomic E-state index is -4.83. The van der Waals surface area contributed by atoms with Gasteiger partial charge in [0.15, 0.2) is 0 Å². The van der Waals surface area contributed by atoms with Crippen LogP contribution in [0.3, 0.4) is 0 Å². The molecule has 0 bridgehead atoms. The molecule has 0 fully saturated rings. The molecule has 0 unspecified atom stereocenters. The Morgan fingerprint density at radius 3 is 2.31 bits per heavy atom. The van der Waals surface area contributed by atoms with Crippen molar-refractivity contribution in [1.82, 2.24) is 4.72 Å². The van der Waals surface area contributed by atoms with Crippen LogP contribution in [0.25, 0.3) is 0 Å². The van der Waals surface area contributed by atoms with Gasteiger partial charge in [-0.2, -0.15) is 0 Å². The van der Waals surface area contributed by atoms with E-state index in [2.05, 4.69) is 25.4 Å². The molecule has 0 aliphatic heterocycles. The van der Waals surface area contributed by atoms with Crippen LogP contribution >= 0.6 is 15.9 Å². The molecule has 0 saturated carbocycles. The Balaban J connectivity index is 1.97. The Labute approximate surface area is 157 Å². The monoisotopic (exact) mass is 453 g/mol. The Kier molecular flexibility index (Phi) is 6.53. The normalized spacial score (nSPS) is 12.0. The predicted octanol–water partition coefficient (Wildman–Crippen LogP) is 3.88. The van der Waals surface area contributed by atoms with Crippen molar-refractivity contribution in [3.05, 3.63) is 52.5 Å². The summed E-state index contributed by atoms with van der Waals surface area (Å²) >= 11 is 3.35. The summed E-state index contributed by atoms with van der Waals surface area (Å²) in [6, 6.07) is 9.37. The van der Waals surface area contributed by atoms with Gasteiger partial charge < -0.3 is 9.47 Å². The second-order valence-electron chi connectivity index (χ2n) is 5.14. The highest BCUT2D eigenvalue weighted by molar-refractivity contribution is 9.10. The largest absolute Gasteiger partial charge is 0.573 e. The van der Waals surface area contributed by atoms with Crippen LogP contribution in [0.1, 0.15) is 5.56 Å². The quantitative estimate of drug-likeness (QED) is 0.690. The number of alkyl halides is 3. The van der Waals surface area contributed by atoms with Crippen LogP contribution in [0.5, 0.6) is 11.5 Å². The zero-order chi connectivity index (χ0) is 19.4. The molecule has 0 amide bonds. The van der Waals surface area contributed by atoms with Crippen LogP contribution in [0.15, 0.2) is 51.8 Å². The van der Waals surface area contributed by atoms with Crippen molar-refractivity contribution in [2.75, 3.05) is 13.7 Å². The SMILES string of the molecule is COc1ccc(CCNS(=O)(=O)c2ccc(OC(F)(F)F)cc2)cc1Br. The summed E-state index contributed by atoms with van der Waals surface area (Å²) in [4.78, 5) is -0.150. The highest BCUT2D eigenvalue weighted by Crippen LogP contribution is 2.26. The summed E-state index contributed by atoms with van der Waals surface area (Å²) in [5.41, 5.74) is 0.884. The van der Waals surface area contributed by atoms with Crippen molar-refractivity contribution in [3.63, 3.8) is 0 Å². The number of hydrogen-bond acceptors (Lipinski definition) is 4. The summed E-state index contributed by atoms with van der Waals surface area (Å²) in [6.45, 7) is 0.127. The summed E-state index contributed by atoms with van der Waals surface area (Å²) in [6.07, 6.45) is -4.40. The third-order valence-electron chi connectivity index (χ3n) is 3.29. The van der Waals surface area contributed by atoms with Crippen LogP contribution in [0.2, 0.25) is 0 Å². The predicted molar refractivity (Wildman–Crippen MR) is 92.7 cm³/mol. The molecule has 2 aromatic carbocycles. The van der Waals surface area contributed by atoms with E-state index in [1.165, 1.54) is 0 Å². The standard InChI is InChI=1S/C16H15BrF3NO4S/c1-24-15-7-2-11(10-14(15)17)8-9-21-26(22,23)13-5-3-12(4-6-13)25-16(18,19)20/h2-7,10,21H,8-9H2,1H3. The van der Waals surface area contributed by atoms with Crippen molar-refractivity contribution >= 4 is 26.0 Å². The number of rotatable bonds is 7. The van der Waals surface area contributed by atoms with Crippen LogP contribution in [-0.2, 0) is 16.4 Å². The van der Waals surface area contributed by atoms with Crippen molar-refractivity contribution in [3.8, 4) is 11.5 Å². The first-order chi connectivity index (χ1) is 12.1. The molecule has 0 spiro atoms. The Morgan fingerprint density at radius 2 is 1.77 bits per heavy atom. The van der Waals surface area contributed by atoms with Crippen molar-refractivity contribution < 1.29 is 31.1 Å². The number of sulfonamides is 1. The van der Waals surface area contributed by atoms with E-state index in [0.29, 0.717) is 12.2 Å². The first-order valence-electron chi connectivity index (χ1n) is 7.28. The number of benzene rings is 2. The average molecular weight is 454 g/mol. The van der Waals surface area contributed by atoms with Crippen molar-refractivity contribution in [2.45, 2.75) is 17.7 Å². The minimum absolute atomic E-state index is 0.127. The number of hydrogen-bond donors (Lipinski definition) is 1. The van der Waals surface area contributed by atoms with E-state index in [1.807, 2.05) is 6.07 Å². The van der Waals surface area contributed by atoms with Gasteiger partial charge in [-0.15, -0.1) is 13.2 Å². The number of halogens is 4. The highest BCUT2D eigenvalue weighted by atomic mass is 79.9. The second kappa shape index (κ2) is 8.28. The maximum atomic E-state index is 12.2. The fourth-order valence-electron chi connectivity index (χ4n) is 2.10. The molecule has 0 aliphatic carbocycles. The van der Waals surface area contributed by atoms with Gasteiger partial charge in [-0.25, -0.2) is 13.1 Å². The Hall–Kier alpha value is -1.78. The topological polar surface area (TPSA) is 64.6 Å². The van der Waals surface area contributed by atoms with E-state index in [1.54, 1.807) is 19.2 Å². The molecule has 0 radical (unpaired) electrons. The first-order valence-corrected chi connectivity index (χ1v) is 9.56. The molecule has 0 aromatic heterocycles. The number of methoxy groups -OCH3 is 1. The lowest BCUT2D eigenvalue weighted by atomic mass is 10.1. The van der Waals surface area contributed by atoms with E-state index in [0.717, 1.165) is 34.3 Å². The van der Waals surface area contributed by atoms with Crippen LogP contribution in [0, 0.1) is 0 Å². The molecule has 10 heteroatoms. The highest BCUT2D eigenvalue weighted by Gasteiger charge is 2.31. The third-order valence-corrected chi connectivity index (χ3v) is 5.39. The maximum Gasteiger partial charge on any atom is 0.573 e. The molecular formula is C16H15BrF3NO4S. The molecule has 0 heterocycles. The average Bonchev–Trinajstić information content (AvgIpc) is 2.54. The molecule has 2 rings (SSSR count).